The molecule has 0 bridgehead atoms. The molecule has 1 aromatic carbocycles. The lowest BCUT2D eigenvalue weighted by Crippen LogP contribution is -2.35. The number of aliphatic hydroxyl groups is 1. The third-order valence-corrected chi connectivity index (χ3v) is 4.82. The SMILES string of the molecule is CCC(O)(CC)CS(=O)(=O)c1cccc(F)c1. The van der Waals surface area contributed by atoms with Gasteiger partial charge in [0.1, 0.15) is 5.82 Å². The highest BCUT2D eigenvalue weighted by Gasteiger charge is 2.30. The van der Waals surface area contributed by atoms with Crippen LogP contribution in [0.15, 0.2) is 29.2 Å². The molecule has 0 atom stereocenters. The van der Waals surface area contributed by atoms with E-state index in [1.54, 1.807) is 13.8 Å². The van der Waals surface area contributed by atoms with Crippen LogP contribution in [0.1, 0.15) is 26.7 Å². The maximum absolute atomic E-state index is 13.0. The molecule has 0 heterocycles. The third-order valence-electron chi connectivity index (χ3n) is 2.93. The molecule has 1 N–H and O–H groups in total. The van der Waals surface area contributed by atoms with E-state index < -0.39 is 21.3 Å². The van der Waals surface area contributed by atoms with Gasteiger partial charge in [0, 0.05) is 0 Å². The molecule has 3 nitrogen and oxygen atoms in total. The summed E-state index contributed by atoms with van der Waals surface area (Å²) < 4.78 is 36.9. The predicted octanol–water partition coefficient (Wildman–Crippen LogP) is 2.15. The van der Waals surface area contributed by atoms with E-state index in [-0.39, 0.29) is 10.6 Å². The normalized spacial score (nSPS) is 12.7. The van der Waals surface area contributed by atoms with Crippen LogP contribution in [0.25, 0.3) is 0 Å². The summed E-state index contributed by atoms with van der Waals surface area (Å²) in [6, 6.07) is 4.84. The molecule has 0 aliphatic heterocycles. The number of halogens is 1. The molecular formula is C12H17FO3S. The van der Waals surface area contributed by atoms with Crippen molar-refractivity contribution in [1.82, 2.24) is 0 Å². The minimum atomic E-state index is -3.65. The first-order valence-electron chi connectivity index (χ1n) is 5.53. The summed E-state index contributed by atoms with van der Waals surface area (Å²) in [6.45, 7) is 3.45. The van der Waals surface area contributed by atoms with Crippen molar-refractivity contribution in [3.05, 3.63) is 30.1 Å². The Morgan fingerprint density at radius 2 is 1.88 bits per heavy atom. The molecule has 0 amide bonds. The second kappa shape index (κ2) is 5.14. The summed E-state index contributed by atoms with van der Waals surface area (Å²) in [5.41, 5.74) is -1.24. The van der Waals surface area contributed by atoms with E-state index in [4.69, 9.17) is 0 Å². The fraction of sp³-hybridized carbons (Fsp3) is 0.500. The van der Waals surface area contributed by atoms with Gasteiger partial charge >= 0.3 is 0 Å². The Balaban J connectivity index is 3.05. The van der Waals surface area contributed by atoms with E-state index >= 15 is 0 Å². The van der Waals surface area contributed by atoms with E-state index in [9.17, 15) is 17.9 Å². The highest BCUT2D eigenvalue weighted by atomic mass is 32.2. The molecule has 1 aromatic rings. The van der Waals surface area contributed by atoms with Crippen LogP contribution >= 0.6 is 0 Å². The van der Waals surface area contributed by atoms with Crippen LogP contribution in [-0.4, -0.2) is 24.9 Å². The number of benzene rings is 1. The molecule has 0 aromatic heterocycles. The predicted molar refractivity (Wildman–Crippen MR) is 64.0 cm³/mol. The first-order chi connectivity index (χ1) is 7.83. The Hall–Kier alpha value is -0.940. The fourth-order valence-electron chi connectivity index (χ4n) is 1.55. The third kappa shape index (κ3) is 3.51. The van der Waals surface area contributed by atoms with Gasteiger partial charge in [0.15, 0.2) is 9.84 Å². The second-order valence-corrected chi connectivity index (χ2v) is 6.14. The molecule has 0 unspecified atom stereocenters. The Kier molecular flexibility index (Phi) is 4.27. The molecule has 17 heavy (non-hydrogen) atoms. The van der Waals surface area contributed by atoms with Gasteiger partial charge in [0.25, 0.3) is 0 Å². The fourth-order valence-corrected chi connectivity index (χ4v) is 3.41. The van der Waals surface area contributed by atoms with Crippen LogP contribution in [-0.2, 0) is 9.84 Å². The number of hydrogen-bond donors (Lipinski definition) is 1. The van der Waals surface area contributed by atoms with E-state index in [1.807, 2.05) is 0 Å². The quantitative estimate of drug-likeness (QED) is 0.882. The summed E-state index contributed by atoms with van der Waals surface area (Å²) in [5.74, 6) is -0.973. The van der Waals surface area contributed by atoms with Crippen molar-refractivity contribution in [3.63, 3.8) is 0 Å². The van der Waals surface area contributed by atoms with Crippen molar-refractivity contribution in [2.24, 2.45) is 0 Å². The molecule has 0 saturated carbocycles. The number of rotatable bonds is 5. The van der Waals surface area contributed by atoms with E-state index in [2.05, 4.69) is 0 Å². The first-order valence-corrected chi connectivity index (χ1v) is 7.19. The highest BCUT2D eigenvalue weighted by Crippen LogP contribution is 2.22. The lowest BCUT2D eigenvalue weighted by molar-refractivity contribution is 0.0554. The van der Waals surface area contributed by atoms with Gasteiger partial charge in [0.05, 0.1) is 16.2 Å². The van der Waals surface area contributed by atoms with Crippen LogP contribution in [0.2, 0.25) is 0 Å². The van der Waals surface area contributed by atoms with Crippen molar-refractivity contribution in [2.75, 3.05) is 5.75 Å². The summed E-state index contributed by atoms with van der Waals surface area (Å²) in [6.07, 6.45) is 0.691. The van der Waals surface area contributed by atoms with Crippen LogP contribution in [0.5, 0.6) is 0 Å². The molecule has 0 spiro atoms. The molecular weight excluding hydrogens is 243 g/mol. The van der Waals surface area contributed by atoms with E-state index in [0.29, 0.717) is 12.8 Å². The monoisotopic (exact) mass is 260 g/mol. The average Bonchev–Trinajstić information content (AvgIpc) is 2.28. The Morgan fingerprint density at radius 3 is 2.35 bits per heavy atom. The lowest BCUT2D eigenvalue weighted by atomic mass is 10.0. The number of sulfone groups is 1. The smallest absolute Gasteiger partial charge is 0.181 e. The molecule has 5 heteroatoms. The highest BCUT2D eigenvalue weighted by molar-refractivity contribution is 7.91. The van der Waals surface area contributed by atoms with Crippen LogP contribution < -0.4 is 0 Å². The van der Waals surface area contributed by atoms with Crippen LogP contribution in [0, 0.1) is 5.82 Å². The zero-order valence-corrected chi connectivity index (χ0v) is 10.8. The molecule has 0 aliphatic carbocycles. The first kappa shape index (κ1) is 14.1. The Morgan fingerprint density at radius 1 is 1.29 bits per heavy atom. The second-order valence-electron chi connectivity index (χ2n) is 4.15. The van der Waals surface area contributed by atoms with Crippen molar-refractivity contribution < 1.29 is 17.9 Å². The molecule has 96 valence electrons. The van der Waals surface area contributed by atoms with E-state index in [1.165, 1.54) is 18.2 Å². The van der Waals surface area contributed by atoms with Gasteiger partial charge in [-0.2, -0.15) is 0 Å². The van der Waals surface area contributed by atoms with E-state index in [0.717, 1.165) is 6.07 Å². The van der Waals surface area contributed by atoms with Crippen LogP contribution in [0.4, 0.5) is 4.39 Å². The van der Waals surface area contributed by atoms with Gasteiger partial charge in [-0.25, -0.2) is 12.8 Å². The van der Waals surface area contributed by atoms with Crippen molar-refractivity contribution in [2.45, 2.75) is 37.2 Å². The Labute approximate surface area is 101 Å². The van der Waals surface area contributed by atoms with Gasteiger partial charge in [-0.1, -0.05) is 19.9 Å². The van der Waals surface area contributed by atoms with Gasteiger partial charge in [-0.15, -0.1) is 0 Å². The van der Waals surface area contributed by atoms with Gasteiger partial charge in [0.2, 0.25) is 0 Å². The van der Waals surface area contributed by atoms with Gasteiger partial charge in [-0.3, -0.25) is 0 Å². The van der Waals surface area contributed by atoms with Crippen LogP contribution in [0.3, 0.4) is 0 Å². The molecule has 0 fully saturated rings. The summed E-state index contributed by atoms with van der Waals surface area (Å²) in [4.78, 5) is -0.0853. The molecule has 1 rings (SSSR count). The van der Waals surface area contributed by atoms with Crippen molar-refractivity contribution in [3.8, 4) is 0 Å². The summed E-state index contributed by atoms with van der Waals surface area (Å²) in [5, 5.41) is 10.0. The summed E-state index contributed by atoms with van der Waals surface area (Å²) >= 11 is 0. The number of hydrogen-bond acceptors (Lipinski definition) is 3. The van der Waals surface area contributed by atoms with Gasteiger partial charge < -0.3 is 5.11 Å². The minimum Gasteiger partial charge on any atom is -0.389 e. The molecule has 0 saturated heterocycles. The standard InChI is InChI=1S/C12H17FO3S/c1-3-12(14,4-2)9-17(15,16)11-7-5-6-10(13)8-11/h5-8,14H,3-4,9H2,1-2H3. The summed E-state index contributed by atoms with van der Waals surface area (Å²) in [7, 11) is -3.65. The lowest BCUT2D eigenvalue weighted by Gasteiger charge is -2.24. The maximum atomic E-state index is 13.0. The zero-order valence-electron chi connectivity index (χ0n) is 9.98. The average molecular weight is 260 g/mol. The van der Waals surface area contributed by atoms with Gasteiger partial charge in [-0.05, 0) is 31.0 Å². The Bertz CT molecular complexity index is 478. The van der Waals surface area contributed by atoms with Crippen molar-refractivity contribution >= 4 is 9.84 Å². The zero-order chi connectivity index (χ0) is 13.1. The molecule has 0 aliphatic rings. The largest absolute Gasteiger partial charge is 0.389 e. The molecule has 0 radical (unpaired) electrons. The maximum Gasteiger partial charge on any atom is 0.181 e. The minimum absolute atomic E-state index is 0.0853. The van der Waals surface area contributed by atoms with Crippen molar-refractivity contribution in [1.29, 1.82) is 0 Å². The topological polar surface area (TPSA) is 54.4 Å².